The van der Waals surface area contributed by atoms with Crippen molar-refractivity contribution in [2.45, 2.75) is 256 Å². The fraction of sp³-hybridized carbons (Fsp3) is 0.684. The maximum atomic E-state index is 10.7. The molecule has 0 aliphatic carbocycles. The van der Waals surface area contributed by atoms with Gasteiger partial charge in [-0.3, -0.25) is 0 Å². The monoisotopic (exact) mass is 1200 g/mol. The van der Waals surface area contributed by atoms with Gasteiger partial charge in [-0.25, -0.2) is 0 Å². The van der Waals surface area contributed by atoms with E-state index < -0.39 is 104 Å². The van der Waals surface area contributed by atoms with E-state index in [0.717, 1.165) is 0 Å². The third-order valence-corrected chi connectivity index (χ3v) is 48.3. The van der Waals surface area contributed by atoms with Crippen LogP contribution in [0.1, 0.15) is 16.7 Å². The molecule has 14 heteroatoms. The number of hydrogen-bond donors (Lipinski definition) is 0. The first-order valence-electron chi connectivity index (χ1n) is 27.9. The summed E-state index contributed by atoms with van der Waals surface area (Å²) in [6.45, 7) is 107. The molecule has 0 spiro atoms. The fourth-order valence-corrected chi connectivity index (χ4v) is 69.6. The van der Waals surface area contributed by atoms with Gasteiger partial charge >= 0.3 is 0 Å². The summed E-state index contributed by atoms with van der Waals surface area (Å²) in [5.41, 5.74) is 5.06. The highest BCUT2D eigenvalue weighted by Gasteiger charge is 2.58. The molecule has 404 valence electrons. The molecular formula is C57H117ClSi13. The zero-order chi connectivity index (χ0) is 56.9. The Morgan fingerprint density at radius 1 is 0.155 bits per heavy atom. The van der Waals surface area contributed by atoms with Gasteiger partial charge in [-0.15, -0.1) is 11.1 Å². The number of rotatable bonds is 15. The lowest BCUT2D eigenvalue weighted by atomic mass is 10.2. The van der Waals surface area contributed by atoms with Crippen LogP contribution in [0.5, 0.6) is 0 Å². The Balaban J connectivity index is 3.79. The summed E-state index contributed by atoms with van der Waals surface area (Å²) in [4.78, 5) is 0. The van der Waals surface area contributed by atoms with Crippen LogP contribution in [0.15, 0.2) is 0 Å². The van der Waals surface area contributed by atoms with Gasteiger partial charge in [0.25, 0.3) is 0 Å². The molecular weight excluding hydrogens is 1090 g/mol. The van der Waals surface area contributed by atoms with E-state index in [4.69, 9.17) is 0 Å². The fourth-order valence-electron chi connectivity index (χ4n) is 14.2. The Bertz CT molecular complexity index is 2270. The number of halogens is 1. The Hall–Kier alpha value is 0.769. The first-order valence-corrected chi connectivity index (χ1v) is 73.0. The van der Waals surface area contributed by atoms with Crippen LogP contribution in [0.25, 0.3) is 0 Å². The summed E-state index contributed by atoms with van der Waals surface area (Å²) in [7, 11) is -28.6. The second kappa shape index (κ2) is 19.5. The quantitative estimate of drug-likeness (QED) is 0.0809. The van der Waals surface area contributed by atoms with Gasteiger partial charge in [0.1, 0.15) is 0 Å². The van der Waals surface area contributed by atoms with E-state index in [2.05, 4.69) is 256 Å². The Labute approximate surface area is 462 Å². The van der Waals surface area contributed by atoms with Gasteiger partial charge in [0.05, 0.1) is 96.9 Å². The van der Waals surface area contributed by atoms with E-state index in [1.165, 1.54) is 0 Å². The summed E-state index contributed by atoms with van der Waals surface area (Å²) in [6.07, 6.45) is 0. The summed E-state index contributed by atoms with van der Waals surface area (Å²) in [6, 6.07) is 0. The van der Waals surface area contributed by atoms with Crippen molar-refractivity contribution in [2.24, 2.45) is 0 Å². The normalized spacial score (nSPS) is 15.0. The molecule has 0 bridgehead atoms. The standard InChI is InChI=1S/C57H117ClSi13/c1-40-43(59(4,5)6)49(65(22,23)24)52(68(31,32)33)55(46(40)62(13,14)15)71(58,56-47(63(16,17)18)41(2)44(60(7,8)9)50(66(25,26)27)53(56)69(34,35)36)57-48(64(19,20)21)42(3)45(61(10,11)12)51(67(28,29)30)54(57)70(37,38)39/h1-39H3. The van der Waals surface area contributed by atoms with Gasteiger partial charge in [0.2, 0.25) is 7.38 Å². The molecule has 0 saturated heterocycles. The van der Waals surface area contributed by atoms with Crippen LogP contribution >= 0.6 is 11.1 Å². The van der Waals surface area contributed by atoms with Crippen molar-refractivity contribution >= 4 is 193 Å². The largest absolute Gasteiger partial charge is 0.247 e. The molecule has 0 fully saturated rings. The Morgan fingerprint density at radius 2 is 0.239 bits per heavy atom. The Kier molecular flexibility index (Phi) is 18.2. The second-order valence-electron chi connectivity index (χ2n) is 35.2. The number of hydrogen-bond acceptors (Lipinski definition) is 0. The topological polar surface area (TPSA) is 0 Å². The average molecular weight is 1200 g/mol. The van der Waals surface area contributed by atoms with Crippen LogP contribution in [0, 0.1) is 20.8 Å². The van der Waals surface area contributed by atoms with Crippen LogP contribution in [0.3, 0.4) is 0 Å². The average Bonchev–Trinajstić information content (AvgIpc) is 3.03. The van der Waals surface area contributed by atoms with Crippen molar-refractivity contribution in [3.63, 3.8) is 0 Å². The minimum Gasteiger partial charge on any atom is -0.149 e. The number of benzene rings is 3. The van der Waals surface area contributed by atoms with Crippen molar-refractivity contribution in [1.29, 1.82) is 0 Å². The Morgan fingerprint density at radius 3 is 0.338 bits per heavy atom. The van der Waals surface area contributed by atoms with E-state index in [1.54, 1.807) is 47.8 Å². The van der Waals surface area contributed by atoms with Crippen molar-refractivity contribution in [2.75, 3.05) is 0 Å². The molecule has 3 rings (SSSR count). The molecule has 0 aliphatic heterocycles. The predicted molar refractivity (Wildman–Crippen MR) is 380 cm³/mol. The van der Waals surface area contributed by atoms with Crippen LogP contribution < -0.4 is 77.8 Å². The third-order valence-electron chi connectivity index (χ3n) is 15.3. The lowest BCUT2D eigenvalue weighted by molar-refractivity contribution is 1.51. The van der Waals surface area contributed by atoms with Crippen molar-refractivity contribution in [3.05, 3.63) is 16.7 Å². The first-order chi connectivity index (χ1) is 30.6. The lowest BCUT2D eigenvalue weighted by Crippen LogP contribution is -2.92. The first kappa shape index (κ1) is 66.1. The van der Waals surface area contributed by atoms with Crippen LogP contribution in [-0.2, 0) is 0 Å². The summed E-state index contributed by atoms with van der Waals surface area (Å²) >= 11 is 10.7. The van der Waals surface area contributed by atoms with Crippen LogP contribution in [0.4, 0.5) is 0 Å². The molecule has 3 aromatic carbocycles. The van der Waals surface area contributed by atoms with Gasteiger partial charge in [0.15, 0.2) is 0 Å². The summed E-state index contributed by atoms with van der Waals surface area (Å²) < 4.78 is 0. The lowest BCUT2D eigenvalue weighted by Gasteiger charge is -2.51. The molecule has 3 aromatic rings. The molecule has 0 radical (unpaired) electrons. The maximum Gasteiger partial charge on any atom is 0.247 e. The van der Waals surface area contributed by atoms with E-state index in [1.807, 2.05) is 46.7 Å². The highest BCUT2D eigenvalue weighted by molar-refractivity contribution is 7.46. The minimum absolute atomic E-state index is 1.69. The predicted octanol–water partition coefficient (Wildman–Crippen LogP) is 10.4. The second-order valence-corrected chi connectivity index (χ2v) is 99.7. The van der Waals surface area contributed by atoms with Crippen LogP contribution in [-0.4, -0.2) is 104 Å². The zero-order valence-electron chi connectivity index (χ0n) is 54.9. The molecule has 0 aromatic heterocycles. The van der Waals surface area contributed by atoms with E-state index >= 15 is 0 Å². The maximum absolute atomic E-state index is 10.7. The zero-order valence-corrected chi connectivity index (χ0v) is 68.6. The molecule has 0 aliphatic rings. The molecule has 0 amide bonds. The molecule has 0 heterocycles. The van der Waals surface area contributed by atoms with Crippen molar-refractivity contribution in [3.8, 4) is 0 Å². The molecule has 0 unspecified atom stereocenters. The van der Waals surface area contributed by atoms with Gasteiger partial charge < -0.3 is 0 Å². The highest BCUT2D eigenvalue weighted by Crippen LogP contribution is 2.26. The third kappa shape index (κ3) is 12.6. The van der Waals surface area contributed by atoms with Gasteiger partial charge in [0, 0.05) is 0 Å². The van der Waals surface area contributed by atoms with E-state index in [9.17, 15) is 11.1 Å². The summed E-state index contributed by atoms with van der Waals surface area (Å²) in [5, 5.41) is 27.4. The molecule has 0 N–H and O–H groups in total. The minimum atomic E-state index is -3.68. The molecule has 0 nitrogen and oxygen atoms in total. The molecule has 0 saturated carbocycles. The summed E-state index contributed by atoms with van der Waals surface area (Å²) in [5.74, 6) is 0. The highest BCUT2D eigenvalue weighted by atomic mass is 35.6. The van der Waals surface area contributed by atoms with Crippen molar-refractivity contribution < 1.29 is 0 Å². The van der Waals surface area contributed by atoms with Crippen molar-refractivity contribution in [1.82, 2.24) is 0 Å². The van der Waals surface area contributed by atoms with Crippen LogP contribution in [0.2, 0.25) is 236 Å². The van der Waals surface area contributed by atoms with Gasteiger partial charge in [-0.1, -0.05) is 315 Å². The van der Waals surface area contributed by atoms with Gasteiger partial charge in [-0.2, -0.15) is 0 Å². The van der Waals surface area contributed by atoms with E-state index in [0.29, 0.717) is 0 Å². The molecule has 0 atom stereocenters. The SMILES string of the molecule is Cc1c([Si](C)(C)C)c([Si](C)(C)C)c([Si](C)(C)C)c([Si](Cl)(c2c([Si](C)(C)C)c(C)c([Si](C)(C)C)c([Si](C)(C)C)c2[Si](C)(C)C)c2c([Si](C)(C)C)c(C)c([Si](C)(C)C)c([Si](C)(C)C)c2[Si](C)(C)C)c1[Si](C)(C)C. The van der Waals surface area contributed by atoms with Gasteiger partial charge in [-0.05, 0) is 36.3 Å². The smallest absolute Gasteiger partial charge is 0.149 e. The van der Waals surface area contributed by atoms with E-state index in [-0.39, 0.29) is 0 Å². The molecule has 71 heavy (non-hydrogen) atoms.